The largest absolute Gasteiger partial charge is 0.353 e. The Morgan fingerprint density at radius 2 is 1.62 bits per heavy atom. The molecule has 1 aromatic heterocycles. The zero-order valence-corrected chi connectivity index (χ0v) is 20.1. The number of aromatic nitrogens is 1. The second-order valence-electron chi connectivity index (χ2n) is 7.99. The molecule has 3 nitrogen and oxygen atoms in total. The van der Waals surface area contributed by atoms with Gasteiger partial charge >= 0.3 is 0 Å². The zero-order chi connectivity index (χ0) is 22.5. The van der Waals surface area contributed by atoms with Crippen molar-refractivity contribution in [3.05, 3.63) is 99.0 Å². The Labute approximate surface area is 202 Å². The molecule has 0 bridgehead atoms. The van der Waals surface area contributed by atoms with Gasteiger partial charge in [0.2, 0.25) is 16.4 Å². The van der Waals surface area contributed by atoms with E-state index in [-0.39, 0.29) is 17.9 Å². The lowest BCUT2D eigenvalue weighted by atomic mass is 9.86. The predicted octanol–water partition coefficient (Wildman–Crippen LogP) is 6.49. The smallest absolute Gasteiger partial charge is 0.237 e. The molecule has 0 aliphatic heterocycles. The molecule has 0 saturated heterocycles. The highest BCUT2D eigenvalue weighted by molar-refractivity contribution is 7.18. The molecule has 0 saturated carbocycles. The molecule has 0 aliphatic rings. The van der Waals surface area contributed by atoms with Crippen LogP contribution in [0.3, 0.4) is 0 Å². The summed E-state index contributed by atoms with van der Waals surface area (Å²) in [4.78, 5) is 16.2. The molecule has 0 unspecified atom stereocenters. The Morgan fingerprint density at radius 1 is 0.969 bits per heavy atom. The summed E-state index contributed by atoms with van der Waals surface area (Å²) >= 11 is 13.9. The number of benzene rings is 3. The number of thiazole rings is 1. The standard InChI is InChI=1S/C26H24Cl2N2OS/c1-17(29-25(31)14-15-26-30-23-4-2-3-5-24(23)32-26)22(19-8-12-21(28)13-9-19)16-18-6-10-20(27)11-7-18/h2-13,17,22H,14-16H2,1H3,(H,29,31)/p+1/t17-,22+/m1/s1. The van der Waals surface area contributed by atoms with E-state index in [4.69, 9.17) is 23.2 Å². The maximum atomic E-state index is 12.8. The first-order chi connectivity index (χ1) is 15.5. The molecule has 2 atom stereocenters. The highest BCUT2D eigenvalue weighted by atomic mass is 35.5. The number of aryl methyl sites for hydroxylation is 1. The van der Waals surface area contributed by atoms with Gasteiger partial charge in [0.15, 0.2) is 0 Å². The van der Waals surface area contributed by atoms with Crippen molar-refractivity contribution in [3.63, 3.8) is 0 Å². The van der Waals surface area contributed by atoms with Crippen molar-refractivity contribution in [2.75, 3.05) is 0 Å². The van der Waals surface area contributed by atoms with Crippen molar-refractivity contribution < 1.29 is 9.78 Å². The summed E-state index contributed by atoms with van der Waals surface area (Å²) in [7, 11) is 0. The highest BCUT2D eigenvalue weighted by Crippen LogP contribution is 2.27. The van der Waals surface area contributed by atoms with Crippen molar-refractivity contribution in [2.45, 2.75) is 38.1 Å². The molecule has 0 spiro atoms. The molecule has 6 heteroatoms. The van der Waals surface area contributed by atoms with Crippen molar-refractivity contribution in [1.82, 2.24) is 5.32 Å². The first-order valence-corrected chi connectivity index (χ1v) is 12.2. The monoisotopic (exact) mass is 483 g/mol. The van der Waals surface area contributed by atoms with Crippen molar-refractivity contribution in [1.29, 1.82) is 0 Å². The van der Waals surface area contributed by atoms with Crippen LogP contribution in [0.2, 0.25) is 10.0 Å². The molecule has 2 N–H and O–H groups in total. The minimum absolute atomic E-state index is 0.0364. The first-order valence-electron chi connectivity index (χ1n) is 10.7. The Morgan fingerprint density at radius 3 is 2.31 bits per heavy atom. The van der Waals surface area contributed by atoms with Crippen LogP contribution in [0.5, 0.6) is 0 Å². The first kappa shape index (κ1) is 22.8. The number of aromatic amines is 1. The topological polar surface area (TPSA) is 43.2 Å². The molecule has 0 radical (unpaired) electrons. The fourth-order valence-electron chi connectivity index (χ4n) is 3.90. The number of carbonyl (C=O) groups excluding carboxylic acids is 1. The highest BCUT2D eigenvalue weighted by Gasteiger charge is 2.22. The fraction of sp³-hybridized carbons (Fsp3) is 0.231. The molecule has 164 valence electrons. The van der Waals surface area contributed by atoms with Gasteiger partial charge in [-0.25, -0.2) is 0 Å². The third-order valence-corrected chi connectivity index (χ3v) is 7.27. The number of fused-ring (bicyclic) bond motifs is 1. The number of H-pyrrole nitrogens is 1. The molecular formula is C26H25Cl2N2OS+. The van der Waals surface area contributed by atoms with Crippen molar-refractivity contribution >= 4 is 50.7 Å². The van der Waals surface area contributed by atoms with E-state index in [1.54, 1.807) is 11.3 Å². The quantitative estimate of drug-likeness (QED) is 0.305. The molecule has 3 aromatic carbocycles. The molecule has 32 heavy (non-hydrogen) atoms. The summed E-state index contributed by atoms with van der Waals surface area (Å²) in [5.74, 6) is 0.173. The summed E-state index contributed by atoms with van der Waals surface area (Å²) in [5.41, 5.74) is 3.44. The third kappa shape index (κ3) is 5.89. The molecular weight excluding hydrogens is 459 g/mol. The predicted molar refractivity (Wildman–Crippen MR) is 134 cm³/mol. The molecule has 0 fully saturated rings. The van der Waals surface area contributed by atoms with Gasteiger partial charge in [0, 0.05) is 34.5 Å². The van der Waals surface area contributed by atoms with Crippen LogP contribution in [0.1, 0.15) is 35.4 Å². The number of amides is 1. The lowest BCUT2D eigenvalue weighted by molar-refractivity contribution is -0.350. The van der Waals surface area contributed by atoms with E-state index in [2.05, 4.69) is 29.4 Å². The Balaban J connectivity index is 1.43. The summed E-state index contributed by atoms with van der Waals surface area (Å²) in [5, 5.41) is 5.76. The van der Waals surface area contributed by atoms with Gasteiger partial charge in [0.1, 0.15) is 4.70 Å². The lowest BCUT2D eigenvalue weighted by Crippen LogP contribution is -2.38. The van der Waals surface area contributed by atoms with Gasteiger partial charge in [-0.05, 0) is 54.8 Å². The van der Waals surface area contributed by atoms with Crippen molar-refractivity contribution in [2.24, 2.45) is 0 Å². The maximum Gasteiger partial charge on any atom is 0.237 e. The van der Waals surface area contributed by atoms with E-state index < -0.39 is 0 Å². The van der Waals surface area contributed by atoms with Crippen LogP contribution in [0, 0.1) is 0 Å². The van der Waals surface area contributed by atoms with Gasteiger partial charge < -0.3 is 5.32 Å². The van der Waals surface area contributed by atoms with Gasteiger partial charge in [-0.3, -0.25) is 4.79 Å². The number of hydrogen-bond acceptors (Lipinski definition) is 2. The summed E-state index contributed by atoms with van der Waals surface area (Å²) in [6.07, 6.45) is 1.94. The van der Waals surface area contributed by atoms with Crippen LogP contribution in [-0.2, 0) is 17.6 Å². The number of para-hydroxylation sites is 1. The molecule has 4 aromatic rings. The minimum Gasteiger partial charge on any atom is -0.353 e. The summed E-state index contributed by atoms with van der Waals surface area (Å²) in [6.45, 7) is 2.07. The Kier molecular flexibility index (Phi) is 7.46. The van der Waals surface area contributed by atoms with E-state index in [0.29, 0.717) is 17.9 Å². The van der Waals surface area contributed by atoms with Gasteiger partial charge in [0.05, 0.1) is 6.42 Å². The number of rotatable bonds is 8. The Bertz CT molecular complexity index is 1160. The third-order valence-electron chi connectivity index (χ3n) is 5.63. The van der Waals surface area contributed by atoms with Crippen LogP contribution >= 0.6 is 34.5 Å². The minimum atomic E-state index is -0.0364. The number of nitrogens with one attached hydrogen (secondary N) is 2. The summed E-state index contributed by atoms with van der Waals surface area (Å²) < 4.78 is 1.21. The Hall–Kier alpha value is -2.40. The SMILES string of the molecule is C[C@@H](NC(=O)CCc1[nH+]c2ccccc2s1)[C@H](Cc1ccc(Cl)cc1)c1ccc(Cl)cc1. The van der Waals surface area contributed by atoms with E-state index in [9.17, 15) is 4.79 Å². The van der Waals surface area contributed by atoms with Gasteiger partial charge in [-0.15, -0.1) is 0 Å². The number of hydrogen-bond donors (Lipinski definition) is 1. The summed E-state index contributed by atoms with van der Waals surface area (Å²) in [6, 6.07) is 23.9. The van der Waals surface area contributed by atoms with E-state index in [1.165, 1.54) is 10.3 Å². The van der Waals surface area contributed by atoms with E-state index in [1.807, 2.05) is 60.7 Å². The second-order valence-corrected chi connectivity index (χ2v) is 10.0. The van der Waals surface area contributed by atoms with Gasteiger partial charge in [0.25, 0.3) is 0 Å². The van der Waals surface area contributed by atoms with E-state index >= 15 is 0 Å². The van der Waals surface area contributed by atoms with Gasteiger partial charge in [-0.1, -0.05) is 70.9 Å². The van der Waals surface area contributed by atoms with Crippen LogP contribution in [0.25, 0.3) is 10.2 Å². The lowest BCUT2D eigenvalue weighted by Gasteiger charge is -2.26. The fourth-order valence-corrected chi connectivity index (χ4v) is 5.16. The van der Waals surface area contributed by atoms with Crippen LogP contribution in [0.15, 0.2) is 72.8 Å². The molecule has 1 heterocycles. The average Bonchev–Trinajstić information content (AvgIpc) is 3.21. The zero-order valence-electron chi connectivity index (χ0n) is 17.8. The van der Waals surface area contributed by atoms with Crippen LogP contribution < -0.4 is 10.3 Å². The number of carbonyl (C=O) groups is 1. The maximum absolute atomic E-state index is 12.8. The van der Waals surface area contributed by atoms with Crippen LogP contribution in [0.4, 0.5) is 0 Å². The van der Waals surface area contributed by atoms with Crippen LogP contribution in [-0.4, -0.2) is 11.9 Å². The van der Waals surface area contributed by atoms with Gasteiger partial charge in [-0.2, -0.15) is 4.98 Å². The molecule has 0 aliphatic carbocycles. The van der Waals surface area contributed by atoms with Crippen molar-refractivity contribution in [3.8, 4) is 0 Å². The normalized spacial score (nSPS) is 13.1. The van der Waals surface area contributed by atoms with E-state index in [0.717, 1.165) is 27.5 Å². The second kappa shape index (κ2) is 10.5. The molecule has 4 rings (SSSR count). The average molecular weight is 484 g/mol. The number of halogens is 2. The molecule has 1 amide bonds.